The molecular formula is C15H18ClN3O. The van der Waals surface area contributed by atoms with E-state index in [1.54, 1.807) is 6.20 Å². The van der Waals surface area contributed by atoms with E-state index in [1.165, 1.54) is 11.1 Å². The van der Waals surface area contributed by atoms with Crippen LogP contribution in [0.4, 0.5) is 0 Å². The van der Waals surface area contributed by atoms with Crippen LogP contribution in [0.3, 0.4) is 0 Å². The van der Waals surface area contributed by atoms with Gasteiger partial charge in [-0.15, -0.1) is 0 Å². The Kier molecular flexibility index (Phi) is 3.78. The first kappa shape index (κ1) is 13.6. The topological polar surface area (TPSA) is 41.3 Å². The van der Waals surface area contributed by atoms with E-state index < -0.39 is 0 Å². The SMILES string of the molecule is Cn1c(Cl)cnc1CN1CCc2ccccc2C1CO. The Morgan fingerprint density at radius 1 is 1.40 bits per heavy atom. The lowest BCUT2D eigenvalue weighted by atomic mass is 9.93. The average molecular weight is 292 g/mol. The maximum Gasteiger partial charge on any atom is 0.128 e. The van der Waals surface area contributed by atoms with Crippen molar-refractivity contribution in [2.24, 2.45) is 7.05 Å². The minimum atomic E-state index is 0.0374. The number of benzene rings is 1. The van der Waals surface area contributed by atoms with E-state index in [2.05, 4.69) is 28.1 Å². The Balaban J connectivity index is 1.86. The monoisotopic (exact) mass is 291 g/mol. The van der Waals surface area contributed by atoms with Crippen molar-refractivity contribution in [3.8, 4) is 0 Å². The number of imidazole rings is 1. The van der Waals surface area contributed by atoms with Crippen molar-refractivity contribution in [3.63, 3.8) is 0 Å². The zero-order valence-electron chi connectivity index (χ0n) is 11.5. The quantitative estimate of drug-likeness (QED) is 0.942. The third kappa shape index (κ3) is 2.35. The summed E-state index contributed by atoms with van der Waals surface area (Å²) in [6.45, 7) is 1.74. The molecule has 5 heteroatoms. The standard InChI is InChI=1S/C15H18ClN3O/c1-18-14(16)8-17-15(18)9-19-7-6-11-4-2-3-5-12(11)13(19)10-20/h2-5,8,13,20H,6-7,9-10H2,1H3. The first-order valence-corrected chi connectivity index (χ1v) is 7.17. The number of nitrogens with zero attached hydrogens (tertiary/aromatic N) is 3. The molecule has 106 valence electrons. The molecule has 0 saturated heterocycles. The van der Waals surface area contributed by atoms with Crippen molar-refractivity contribution in [2.75, 3.05) is 13.2 Å². The zero-order valence-corrected chi connectivity index (χ0v) is 12.2. The van der Waals surface area contributed by atoms with Crippen LogP contribution in [0, 0.1) is 0 Å². The van der Waals surface area contributed by atoms with Gasteiger partial charge < -0.3 is 9.67 Å². The molecular weight excluding hydrogens is 274 g/mol. The fourth-order valence-electron chi connectivity index (χ4n) is 2.86. The number of hydrogen-bond acceptors (Lipinski definition) is 3. The lowest BCUT2D eigenvalue weighted by Gasteiger charge is -2.36. The van der Waals surface area contributed by atoms with Gasteiger partial charge in [-0.25, -0.2) is 4.98 Å². The van der Waals surface area contributed by atoms with Crippen molar-refractivity contribution < 1.29 is 5.11 Å². The maximum absolute atomic E-state index is 9.77. The predicted molar refractivity (Wildman–Crippen MR) is 78.6 cm³/mol. The highest BCUT2D eigenvalue weighted by Gasteiger charge is 2.27. The van der Waals surface area contributed by atoms with Crippen LogP contribution in [0.15, 0.2) is 30.5 Å². The van der Waals surface area contributed by atoms with Crippen LogP contribution in [-0.2, 0) is 20.0 Å². The van der Waals surface area contributed by atoms with Crippen LogP contribution in [0.25, 0.3) is 0 Å². The molecule has 0 saturated carbocycles. The van der Waals surface area contributed by atoms with Crippen molar-refractivity contribution in [1.82, 2.24) is 14.5 Å². The van der Waals surface area contributed by atoms with Gasteiger partial charge in [0.25, 0.3) is 0 Å². The molecule has 3 rings (SSSR count). The molecule has 0 amide bonds. The number of fused-ring (bicyclic) bond motifs is 1. The lowest BCUT2D eigenvalue weighted by Crippen LogP contribution is -2.37. The van der Waals surface area contributed by atoms with Gasteiger partial charge in [0.1, 0.15) is 11.0 Å². The Labute approximate surface area is 123 Å². The summed E-state index contributed by atoms with van der Waals surface area (Å²) in [6.07, 6.45) is 2.67. The summed E-state index contributed by atoms with van der Waals surface area (Å²) in [4.78, 5) is 6.61. The number of aliphatic hydroxyl groups excluding tert-OH is 1. The van der Waals surface area contributed by atoms with Gasteiger partial charge in [0, 0.05) is 13.6 Å². The third-order valence-electron chi connectivity index (χ3n) is 4.07. The summed E-state index contributed by atoms with van der Waals surface area (Å²) in [5.74, 6) is 0.924. The second-order valence-electron chi connectivity index (χ2n) is 5.17. The molecule has 1 aliphatic rings. The maximum atomic E-state index is 9.77. The normalized spacial score (nSPS) is 19.1. The molecule has 0 radical (unpaired) electrons. The minimum absolute atomic E-state index is 0.0374. The molecule has 1 atom stereocenters. The van der Waals surface area contributed by atoms with Gasteiger partial charge in [-0.05, 0) is 17.5 Å². The van der Waals surface area contributed by atoms with Gasteiger partial charge in [0.15, 0.2) is 0 Å². The molecule has 1 aromatic heterocycles. The summed E-state index contributed by atoms with van der Waals surface area (Å²) in [5.41, 5.74) is 2.56. The Hall–Kier alpha value is -1.36. The summed E-state index contributed by atoms with van der Waals surface area (Å²) in [6, 6.07) is 8.38. The van der Waals surface area contributed by atoms with Gasteiger partial charge in [0.2, 0.25) is 0 Å². The lowest BCUT2D eigenvalue weighted by molar-refractivity contribution is 0.105. The van der Waals surface area contributed by atoms with E-state index in [4.69, 9.17) is 11.6 Å². The van der Waals surface area contributed by atoms with E-state index in [1.807, 2.05) is 17.7 Å². The van der Waals surface area contributed by atoms with Crippen molar-refractivity contribution in [1.29, 1.82) is 0 Å². The fraction of sp³-hybridized carbons (Fsp3) is 0.400. The van der Waals surface area contributed by atoms with E-state index in [9.17, 15) is 5.11 Å². The minimum Gasteiger partial charge on any atom is -0.394 e. The van der Waals surface area contributed by atoms with Crippen molar-refractivity contribution >= 4 is 11.6 Å². The molecule has 0 spiro atoms. The van der Waals surface area contributed by atoms with Gasteiger partial charge >= 0.3 is 0 Å². The second kappa shape index (κ2) is 5.56. The third-order valence-corrected chi connectivity index (χ3v) is 4.42. The summed E-state index contributed by atoms with van der Waals surface area (Å²) in [5, 5.41) is 10.4. The number of rotatable bonds is 3. The van der Waals surface area contributed by atoms with E-state index in [0.717, 1.165) is 18.8 Å². The predicted octanol–water partition coefficient (Wildman–Crippen LogP) is 2.17. The number of hydrogen-bond donors (Lipinski definition) is 1. The number of halogens is 1. The molecule has 0 fully saturated rings. The first-order chi connectivity index (χ1) is 9.70. The highest BCUT2D eigenvalue weighted by Crippen LogP contribution is 2.30. The molecule has 0 bridgehead atoms. The zero-order chi connectivity index (χ0) is 14.1. The molecule has 1 aliphatic heterocycles. The molecule has 1 aromatic carbocycles. The molecule has 20 heavy (non-hydrogen) atoms. The molecule has 2 aromatic rings. The second-order valence-corrected chi connectivity index (χ2v) is 5.56. The van der Waals surface area contributed by atoms with Crippen molar-refractivity contribution in [2.45, 2.75) is 19.0 Å². The highest BCUT2D eigenvalue weighted by atomic mass is 35.5. The van der Waals surface area contributed by atoms with Crippen LogP contribution in [0.5, 0.6) is 0 Å². The molecule has 1 unspecified atom stereocenters. The Bertz CT molecular complexity index is 611. The summed E-state index contributed by atoms with van der Waals surface area (Å²) >= 11 is 6.03. The van der Waals surface area contributed by atoms with Gasteiger partial charge in [-0.3, -0.25) is 4.90 Å². The Morgan fingerprint density at radius 3 is 2.90 bits per heavy atom. The van der Waals surface area contributed by atoms with Crippen LogP contribution in [0.2, 0.25) is 5.15 Å². The van der Waals surface area contributed by atoms with Crippen LogP contribution >= 0.6 is 11.6 Å². The largest absolute Gasteiger partial charge is 0.394 e. The first-order valence-electron chi connectivity index (χ1n) is 6.79. The molecule has 4 nitrogen and oxygen atoms in total. The van der Waals surface area contributed by atoms with Gasteiger partial charge in [-0.2, -0.15) is 0 Å². The number of aliphatic hydroxyl groups is 1. The smallest absolute Gasteiger partial charge is 0.128 e. The van der Waals surface area contributed by atoms with Crippen LogP contribution in [0.1, 0.15) is 23.0 Å². The van der Waals surface area contributed by atoms with E-state index in [0.29, 0.717) is 11.7 Å². The summed E-state index contributed by atoms with van der Waals surface area (Å²) in [7, 11) is 1.91. The van der Waals surface area contributed by atoms with Gasteiger partial charge in [0.05, 0.1) is 25.4 Å². The molecule has 2 heterocycles. The average Bonchev–Trinajstić information content (AvgIpc) is 2.79. The van der Waals surface area contributed by atoms with E-state index >= 15 is 0 Å². The Morgan fingerprint density at radius 2 is 2.20 bits per heavy atom. The van der Waals surface area contributed by atoms with Crippen LogP contribution in [-0.4, -0.2) is 32.7 Å². The highest BCUT2D eigenvalue weighted by molar-refractivity contribution is 6.29. The van der Waals surface area contributed by atoms with Gasteiger partial charge in [-0.1, -0.05) is 35.9 Å². The van der Waals surface area contributed by atoms with Crippen LogP contribution < -0.4 is 0 Å². The molecule has 0 aliphatic carbocycles. The summed E-state index contributed by atoms with van der Waals surface area (Å²) < 4.78 is 1.89. The van der Waals surface area contributed by atoms with Crippen molar-refractivity contribution in [3.05, 3.63) is 52.6 Å². The molecule has 1 N–H and O–H groups in total. The fourth-order valence-corrected chi connectivity index (χ4v) is 3.01. The van der Waals surface area contributed by atoms with E-state index in [-0.39, 0.29) is 12.6 Å². The number of aromatic nitrogens is 2.